The average Bonchev–Trinajstić information content (AvgIpc) is 4.00. The third-order valence-corrected chi connectivity index (χ3v) is 17.1. The molecule has 4 N–H and O–H groups in total. The van der Waals surface area contributed by atoms with Crippen molar-refractivity contribution in [3.05, 3.63) is 118 Å². The normalized spacial score (nSPS) is 24.4. The number of aromatic nitrogens is 4. The van der Waals surface area contributed by atoms with Gasteiger partial charge in [0.05, 0.1) is 40.4 Å². The van der Waals surface area contributed by atoms with Crippen molar-refractivity contribution in [3.8, 4) is 11.3 Å². The number of piperidine rings is 1. The predicted molar refractivity (Wildman–Crippen MR) is 293 cm³/mol. The molecule has 2 aromatic carbocycles. The number of hydrogen-bond acceptors (Lipinski definition) is 13. The molecule has 18 nitrogen and oxygen atoms in total. The van der Waals surface area contributed by atoms with Crippen LogP contribution in [0.15, 0.2) is 78.4 Å². The van der Waals surface area contributed by atoms with Gasteiger partial charge >= 0.3 is 0 Å². The summed E-state index contributed by atoms with van der Waals surface area (Å²) in [5.74, 6) is -0.648. The van der Waals surface area contributed by atoms with Crippen LogP contribution in [0.3, 0.4) is 0 Å². The first-order chi connectivity index (χ1) is 36.3. The number of anilines is 6. The van der Waals surface area contributed by atoms with E-state index in [4.69, 9.17) is 4.98 Å². The first-order valence-electron chi connectivity index (χ1n) is 26.9. The smallest absolute Gasteiger partial charge is 0.293 e. The minimum Gasteiger partial charge on any atom is -0.392 e. The van der Waals surface area contributed by atoms with Crippen molar-refractivity contribution in [1.82, 2.24) is 28.9 Å². The van der Waals surface area contributed by atoms with Gasteiger partial charge in [0.15, 0.2) is 5.82 Å². The highest BCUT2D eigenvalue weighted by Gasteiger charge is 2.44. The summed E-state index contributed by atoms with van der Waals surface area (Å²) in [5.41, 5.74) is 7.15. The molecule has 7 heterocycles. The van der Waals surface area contributed by atoms with Gasteiger partial charge in [0.1, 0.15) is 11.5 Å². The van der Waals surface area contributed by atoms with E-state index < -0.39 is 17.8 Å². The van der Waals surface area contributed by atoms with E-state index in [1.165, 1.54) is 26.8 Å². The van der Waals surface area contributed by atoms with Gasteiger partial charge in [-0.2, -0.15) is 0 Å². The second kappa shape index (κ2) is 19.5. The fourth-order valence-electron chi connectivity index (χ4n) is 13.1. The number of aryl methyl sites for hydroxylation is 1. The van der Waals surface area contributed by atoms with Crippen LogP contribution in [0.5, 0.6) is 0 Å². The molecule has 2 saturated heterocycles. The highest BCUT2D eigenvalue weighted by molar-refractivity contribution is 6.22. The second-order valence-electron chi connectivity index (χ2n) is 23.1. The monoisotopic (exact) mass is 1030 g/mol. The number of piperazine rings is 1. The Bertz CT molecular complexity index is 3260. The zero-order valence-electron chi connectivity index (χ0n) is 44.4. The van der Waals surface area contributed by atoms with E-state index in [2.05, 4.69) is 69.2 Å². The lowest BCUT2D eigenvalue weighted by Crippen LogP contribution is -2.58. The minimum absolute atomic E-state index is 0.0282. The van der Waals surface area contributed by atoms with Crippen LogP contribution in [0.4, 0.5) is 34.4 Å². The number of carbonyl (C=O) groups excluding carboxylic acids is 4. The molecule has 3 atom stereocenters. The van der Waals surface area contributed by atoms with Gasteiger partial charge in [-0.05, 0) is 138 Å². The van der Waals surface area contributed by atoms with E-state index in [1.54, 1.807) is 36.5 Å². The average molecular weight is 1030 g/mol. The maximum absolute atomic E-state index is 14.1. The van der Waals surface area contributed by atoms with Crippen LogP contribution >= 0.6 is 0 Å². The number of aliphatic hydroxyl groups is 2. The van der Waals surface area contributed by atoms with Crippen molar-refractivity contribution < 1.29 is 29.4 Å². The minimum atomic E-state index is -0.760. The van der Waals surface area contributed by atoms with Crippen molar-refractivity contribution in [1.29, 1.82) is 0 Å². The predicted octanol–water partition coefficient (Wildman–Crippen LogP) is 6.65. The number of aliphatic hydroxyl groups excluding tert-OH is 1. The number of benzene rings is 2. The van der Waals surface area contributed by atoms with Gasteiger partial charge in [-0.1, -0.05) is 20.4 Å². The van der Waals surface area contributed by atoms with Gasteiger partial charge in [0.2, 0.25) is 5.91 Å². The summed E-state index contributed by atoms with van der Waals surface area (Å²) < 4.78 is 3.56. The molecule has 76 heavy (non-hydrogen) atoms. The zero-order valence-corrected chi connectivity index (χ0v) is 44.4. The van der Waals surface area contributed by atoms with Crippen molar-refractivity contribution in [2.24, 2.45) is 12.5 Å². The molecule has 6 aliphatic rings. The number of amides is 4. The van der Waals surface area contributed by atoms with E-state index in [0.717, 1.165) is 56.7 Å². The van der Waals surface area contributed by atoms with Crippen LogP contribution in [-0.2, 0) is 37.8 Å². The van der Waals surface area contributed by atoms with E-state index in [9.17, 15) is 34.2 Å². The molecular formula is C58H69N11O7. The lowest BCUT2D eigenvalue weighted by atomic mass is 9.83. The first kappa shape index (κ1) is 51.0. The molecular weight excluding hydrogens is 963 g/mol. The fourth-order valence-corrected chi connectivity index (χ4v) is 13.1. The number of hydrogen-bond donors (Lipinski definition) is 4. The van der Waals surface area contributed by atoms with Crippen molar-refractivity contribution in [2.45, 2.75) is 129 Å². The third kappa shape index (κ3) is 9.16. The van der Waals surface area contributed by atoms with E-state index >= 15 is 0 Å². The summed E-state index contributed by atoms with van der Waals surface area (Å²) in [4.78, 5) is 87.7. The van der Waals surface area contributed by atoms with Crippen LogP contribution in [-0.4, -0.2) is 125 Å². The summed E-state index contributed by atoms with van der Waals surface area (Å²) in [7, 11) is 1.63. The lowest BCUT2D eigenvalue weighted by molar-refractivity contribution is -0.111. The third-order valence-electron chi connectivity index (χ3n) is 17.1. The van der Waals surface area contributed by atoms with Crippen LogP contribution < -0.4 is 30.9 Å². The van der Waals surface area contributed by atoms with E-state index in [0.29, 0.717) is 102 Å². The molecule has 11 rings (SSSR count). The Morgan fingerprint density at radius 1 is 0.842 bits per heavy atom. The molecule has 0 bridgehead atoms. The maximum atomic E-state index is 14.1. The Labute approximate surface area is 443 Å². The number of fused-ring (bicyclic) bond motifs is 4. The summed E-state index contributed by atoms with van der Waals surface area (Å²) in [6, 6.07) is 15.4. The number of pyridine rings is 1. The molecule has 0 radical (unpaired) electrons. The first-order valence-corrected chi connectivity index (χ1v) is 26.9. The standard InChI is InChI=1S/C58H69N11O7/c1-8-50(71)61-45-27-37(60-51-56(75)63(7)32-46(62-51)41-15-19-59-52(44(41)33-70)68-24-23-67-48(55(68)74)26-36-29-57(4,5)30-49(36)67)9-12-47(45)66-22-21-64(31-35(66)3)39-16-20-65(34(2)25-39)40-10-11-42-43(28-40)54(73)69(53(42)72)38-13-17-58(6,76)18-14-38/h8-12,15,19,26-28,32,34-35,38-39,70,76H,1,13-14,16-18,20-25,29-31,33H2,2-7H3,(H,60,62)(H,61,71)/t34-,35-,38?,39?,58?/m0/s1. The molecule has 4 amide bonds. The molecule has 1 unspecified atom stereocenters. The highest BCUT2D eigenvalue weighted by Crippen LogP contribution is 2.42. The summed E-state index contributed by atoms with van der Waals surface area (Å²) in [5, 5.41) is 27.6. The van der Waals surface area contributed by atoms with Gasteiger partial charge < -0.3 is 39.8 Å². The Balaban J connectivity index is 0.771. The molecule has 1 saturated carbocycles. The van der Waals surface area contributed by atoms with Gasteiger partial charge in [0.25, 0.3) is 23.3 Å². The van der Waals surface area contributed by atoms with Crippen molar-refractivity contribution >= 4 is 58.0 Å². The van der Waals surface area contributed by atoms with Crippen molar-refractivity contribution in [3.63, 3.8) is 0 Å². The summed E-state index contributed by atoms with van der Waals surface area (Å²) in [6.45, 7) is 18.1. The zero-order chi connectivity index (χ0) is 53.5. The maximum Gasteiger partial charge on any atom is 0.293 e. The number of imide groups is 1. The van der Waals surface area contributed by atoms with Gasteiger partial charge in [-0.25, -0.2) is 9.97 Å². The highest BCUT2D eigenvalue weighted by atomic mass is 16.3. The Hall–Kier alpha value is -7.15. The number of carbonyl (C=O) groups is 4. The van der Waals surface area contributed by atoms with Gasteiger partial charge in [-0.3, -0.25) is 38.7 Å². The quantitative estimate of drug-likeness (QED) is 0.0811. The number of nitrogens with zero attached hydrogens (tertiary/aromatic N) is 9. The SMILES string of the molecule is C=CC(=O)Nc1cc(Nc2nc(-c3ccnc(N4CCn5c(cc6c5CC(C)(C)C6)C4=O)c3CO)cn(C)c2=O)ccc1N1CCN(C2CCN(c3ccc4c(c3)C(=O)N(C3CCC(C)(O)CC3)C4=O)[C@@H](C)C2)C[C@@H]1C. The molecule has 3 fully saturated rings. The van der Waals surface area contributed by atoms with Crippen LogP contribution in [0.1, 0.15) is 121 Å². The molecule has 398 valence electrons. The Morgan fingerprint density at radius 2 is 1.62 bits per heavy atom. The Kier molecular flexibility index (Phi) is 13.0. The number of nitrogens with one attached hydrogen (secondary N) is 2. The summed E-state index contributed by atoms with van der Waals surface area (Å²) >= 11 is 0. The van der Waals surface area contributed by atoms with Gasteiger partial charge in [-0.15, -0.1) is 0 Å². The Morgan fingerprint density at radius 3 is 2.36 bits per heavy atom. The molecule has 2 aliphatic carbocycles. The molecule has 3 aromatic heterocycles. The topological polar surface area (TPSA) is 202 Å². The summed E-state index contributed by atoms with van der Waals surface area (Å²) in [6.07, 6.45) is 10.4. The molecule has 18 heteroatoms. The second-order valence-corrected chi connectivity index (χ2v) is 23.1. The van der Waals surface area contributed by atoms with E-state index in [1.807, 2.05) is 43.3 Å². The fraction of sp³-hybridized carbons (Fsp3) is 0.466. The van der Waals surface area contributed by atoms with Crippen LogP contribution in [0.2, 0.25) is 0 Å². The lowest BCUT2D eigenvalue weighted by Gasteiger charge is -2.48. The van der Waals surface area contributed by atoms with Gasteiger partial charge in [0, 0.05) is 111 Å². The van der Waals surface area contributed by atoms with Crippen molar-refractivity contribution in [2.75, 3.05) is 58.1 Å². The van der Waals surface area contributed by atoms with Crippen LogP contribution in [0.25, 0.3) is 11.3 Å². The van der Waals surface area contributed by atoms with E-state index in [-0.39, 0.29) is 53.0 Å². The molecule has 4 aliphatic heterocycles. The number of rotatable bonds is 11. The molecule has 5 aromatic rings. The molecule has 0 spiro atoms. The van der Waals surface area contributed by atoms with Crippen LogP contribution in [0, 0.1) is 5.41 Å². The largest absolute Gasteiger partial charge is 0.392 e.